The van der Waals surface area contributed by atoms with E-state index in [-0.39, 0.29) is 0 Å². The molecule has 98 valence electrons. The van der Waals surface area contributed by atoms with Crippen LogP contribution in [-0.4, -0.2) is 28.4 Å². The van der Waals surface area contributed by atoms with Crippen molar-refractivity contribution in [3.8, 4) is 0 Å². The van der Waals surface area contributed by atoms with Crippen LogP contribution in [-0.2, 0) is 6.54 Å². The van der Waals surface area contributed by atoms with Crippen LogP contribution < -0.4 is 5.32 Å². The third kappa shape index (κ3) is 4.47. The van der Waals surface area contributed by atoms with Gasteiger partial charge in [0.05, 0.1) is 4.92 Å². The number of nitro groups is 1. The van der Waals surface area contributed by atoms with E-state index in [9.17, 15) is 10.1 Å². The van der Waals surface area contributed by atoms with Crippen LogP contribution in [0.3, 0.4) is 0 Å². The molecule has 0 amide bonds. The molecule has 0 spiro atoms. The molecule has 0 bridgehead atoms. The minimum absolute atomic E-state index is 0.458. The Bertz CT molecular complexity index is 433. The molecule has 0 fully saturated rings. The van der Waals surface area contributed by atoms with E-state index >= 15 is 0 Å². The standard InChI is InChI=1S/C11H15IN4O2/c1-3-15(11(13-2)8-16(17)18)7-9-4-5-10(12)14-6-9/h4-6,8,13H,3,7H2,1-2H3/b11-8+. The molecule has 0 aliphatic rings. The van der Waals surface area contributed by atoms with Crippen LogP contribution in [0.1, 0.15) is 12.5 Å². The fraction of sp³-hybridized carbons (Fsp3) is 0.364. The Balaban J connectivity index is 2.83. The van der Waals surface area contributed by atoms with E-state index in [1.807, 2.05) is 24.0 Å². The lowest BCUT2D eigenvalue weighted by molar-refractivity contribution is -0.404. The van der Waals surface area contributed by atoms with Crippen LogP contribution in [0.25, 0.3) is 0 Å². The molecular weight excluding hydrogens is 347 g/mol. The van der Waals surface area contributed by atoms with Crippen LogP contribution in [0.5, 0.6) is 0 Å². The van der Waals surface area contributed by atoms with Gasteiger partial charge in [0.25, 0.3) is 6.20 Å². The fourth-order valence-electron chi connectivity index (χ4n) is 1.49. The summed E-state index contributed by atoms with van der Waals surface area (Å²) < 4.78 is 0.925. The number of hydrogen-bond acceptors (Lipinski definition) is 5. The largest absolute Gasteiger partial charge is 0.370 e. The maximum Gasteiger partial charge on any atom is 0.274 e. The van der Waals surface area contributed by atoms with Gasteiger partial charge < -0.3 is 10.2 Å². The molecule has 1 heterocycles. The molecule has 6 nitrogen and oxygen atoms in total. The van der Waals surface area contributed by atoms with Crippen molar-refractivity contribution in [2.24, 2.45) is 0 Å². The summed E-state index contributed by atoms with van der Waals surface area (Å²) in [4.78, 5) is 16.2. The van der Waals surface area contributed by atoms with Crippen molar-refractivity contribution >= 4 is 22.6 Å². The van der Waals surface area contributed by atoms with Gasteiger partial charge in [-0.25, -0.2) is 4.98 Å². The van der Waals surface area contributed by atoms with Gasteiger partial charge >= 0.3 is 0 Å². The lowest BCUT2D eigenvalue weighted by Crippen LogP contribution is -2.30. The molecule has 0 aliphatic carbocycles. The summed E-state index contributed by atoms with van der Waals surface area (Å²) in [6.45, 7) is 3.21. The van der Waals surface area contributed by atoms with Gasteiger partial charge in [-0.2, -0.15) is 0 Å². The monoisotopic (exact) mass is 362 g/mol. The summed E-state index contributed by atoms with van der Waals surface area (Å²) in [6.07, 6.45) is 2.76. The van der Waals surface area contributed by atoms with Gasteiger partial charge in [0, 0.05) is 26.3 Å². The molecule has 0 saturated carbocycles. The second-order valence-corrected chi connectivity index (χ2v) is 4.66. The Morgan fingerprint density at radius 3 is 2.83 bits per heavy atom. The van der Waals surface area contributed by atoms with E-state index < -0.39 is 4.92 Å². The van der Waals surface area contributed by atoms with Crippen molar-refractivity contribution in [2.45, 2.75) is 13.5 Å². The molecule has 0 aliphatic heterocycles. The molecule has 1 rings (SSSR count). The topological polar surface area (TPSA) is 71.3 Å². The summed E-state index contributed by atoms with van der Waals surface area (Å²) in [7, 11) is 1.67. The van der Waals surface area contributed by atoms with Gasteiger partial charge in [0.1, 0.15) is 3.70 Å². The lowest BCUT2D eigenvalue weighted by atomic mass is 10.2. The first-order chi connectivity index (χ1) is 8.56. The molecular formula is C11H15IN4O2. The third-order valence-corrected chi connectivity index (χ3v) is 3.01. The highest BCUT2D eigenvalue weighted by Crippen LogP contribution is 2.09. The first-order valence-corrected chi connectivity index (χ1v) is 6.53. The quantitative estimate of drug-likeness (QED) is 0.362. The van der Waals surface area contributed by atoms with Gasteiger partial charge in [0.15, 0.2) is 5.82 Å². The van der Waals surface area contributed by atoms with E-state index in [0.29, 0.717) is 18.9 Å². The maximum absolute atomic E-state index is 10.5. The number of halogens is 1. The Hall–Kier alpha value is -1.38. The highest BCUT2D eigenvalue weighted by molar-refractivity contribution is 14.1. The number of nitrogens with one attached hydrogen (secondary N) is 1. The number of rotatable bonds is 6. The molecule has 0 atom stereocenters. The summed E-state index contributed by atoms with van der Waals surface area (Å²) in [5.74, 6) is 0.487. The maximum atomic E-state index is 10.5. The molecule has 7 heteroatoms. The molecule has 1 aromatic rings. The van der Waals surface area contributed by atoms with Crippen LogP contribution in [0.2, 0.25) is 0 Å². The molecule has 1 aromatic heterocycles. The van der Waals surface area contributed by atoms with Crippen molar-refractivity contribution in [3.05, 3.63) is 49.7 Å². The van der Waals surface area contributed by atoms with Gasteiger partial charge in [-0.3, -0.25) is 10.1 Å². The van der Waals surface area contributed by atoms with E-state index in [1.54, 1.807) is 13.2 Å². The first kappa shape index (κ1) is 14.7. The minimum Gasteiger partial charge on any atom is -0.370 e. The Kier molecular flexibility index (Phi) is 5.83. The van der Waals surface area contributed by atoms with Crippen LogP contribution in [0.4, 0.5) is 0 Å². The Labute approximate surface area is 119 Å². The van der Waals surface area contributed by atoms with Gasteiger partial charge in [0.2, 0.25) is 0 Å². The second-order valence-electron chi connectivity index (χ2n) is 3.55. The Morgan fingerprint density at radius 2 is 2.39 bits per heavy atom. The molecule has 0 saturated heterocycles. The molecule has 0 radical (unpaired) electrons. The van der Waals surface area contributed by atoms with Crippen molar-refractivity contribution in [1.82, 2.24) is 15.2 Å². The van der Waals surface area contributed by atoms with E-state index in [4.69, 9.17) is 0 Å². The molecule has 0 unspecified atom stereocenters. The highest BCUT2D eigenvalue weighted by Gasteiger charge is 2.10. The van der Waals surface area contributed by atoms with Crippen LogP contribution in [0.15, 0.2) is 30.4 Å². The number of aromatic nitrogens is 1. The van der Waals surface area contributed by atoms with Crippen molar-refractivity contribution in [3.63, 3.8) is 0 Å². The number of nitrogens with zero attached hydrogens (tertiary/aromatic N) is 3. The van der Waals surface area contributed by atoms with E-state index in [1.165, 1.54) is 0 Å². The molecule has 0 aromatic carbocycles. The minimum atomic E-state index is -0.458. The normalized spacial score (nSPS) is 11.2. The first-order valence-electron chi connectivity index (χ1n) is 5.45. The van der Waals surface area contributed by atoms with Crippen molar-refractivity contribution in [2.75, 3.05) is 13.6 Å². The predicted octanol–water partition coefficient (Wildman–Crippen LogP) is 1.80. The third-order valence-electron chi connectivity index (χ3n) is 2.37. The van der Waals surface area contributed by atoms with Crippen molar-refractivity contribution < 1.29 is 4.92 Å². The number of hydrogen-bond donors (Lipinski definition) is 1. The fourth-order valence-corrected chi connectivity index (χ4v) is 1.81. The number of pyridine rings is 1. The highest BCUT2D eigenvalue weighted by atomic mass is 127. The molecule has 1 N–H and O–H groups in total. The second kappa shape index (κ2) is 7.14. The summed E-state index contributed by atoms with van der Waals surface area (Å²) in [5, 5.41) is 13.4. The van der Waals surface area contributed by atoms with E-state index in [0.717, 1.165) is 15.5 Å². The zero-order valence-electron chi connectivity index (χ0n) is 10.3. The van der Waals surface area contributed by atoms with Gasteiger partial charge in [-0.05, 0) is 41.1 Å². The van der Waals surface area contributed by atoms with Crippen LogP contribution >= 0.6 is 22.6 Å². The zero-order chi connectivity index (χ0) is 13.5. The Morgan fingerprint density at radius 1 is 1.67 bits per heavy atom. The SMILES string of the molecule is CCN(Cc1ccc(I)nc1)/C(=C/[N+](=O)[O-])NC. The smallest absolute Gasteiger partial charge is 0.274 e. The van der Waals surface area contributed by atoms with Gasteiger partial charge in [-0.1, -0.05) is 6.07 Å². The predicted molar refractivity (Wildman–Crippen MR) is 77.2 cm³/mol. The summed E-state index contributed by atoms with van der Waals surface area (Å²) >= 11 is 2.14. The lowest BCUT2D eigenvalue weighted by Gasteiger charge is -2.23. The van der Waals surface area contributed by atoms with Crippen molar-refractivity contribution in [1.29, 1.82) is 0 Å². The zero-order valence-corrected chi connectivity index (χ0v) is 12.4. The average Bonchev–Trinajstić information content (AvgIpc) is 2.35. The molecule has 18 heavy (non-hydrogen) atoms. The summed E-state index contributed by atoms with van der Waals surface area (Å²) in [6, 6.07) is 3.89. The van der Waals surface area contributed by atoms with Gasteiger partial charge in [-0.15, -0.1) is 0 Å². The summed E-state index contributed by atoms with van der Waals surface area (Å²) in [5.41, 5.74) is 1.02. The van der Waals surface area contributed by atoms with E-state index in [2.05, 4.69) is 32.9 Å². The van der Waals surface area contributed by atoms with Crippen LogP contribution in [0, 0.1) is 13.8 Å². The average molecular weight is 362 g/mol.